The van der Waals surface area contributed by atoms with Crippen LogP contribution in [0, 0.1) is 5.82 Å². The number of anilines is 2. The maximum Gasteiger partial charge on any atom is 0.319 e. The van der Waals surface area contributed by atoms with Crippen molar-refractivity contribution in [3.63, 3.8) is 0 Å². The molecule has 0 aliphatic carbocycles. The molecule has 1 aromatic carbocycles. The number of likely N-dealkylation sites (tertiary alicyclic amines) is 1. The summed E-state index contributed by atoms with van der Waals surface area (Å²) in [6.45, 7) is 8.54. The number of carbonyl (C=O) groups excluding carboxylic acids is 2. The number of rotatable bonds is 7. The molecule has 0 radical (unpaired) electrons. The molecule has 1 aliphatic heterocycles. The number of halogens is 1. The van der Waals surface area contributed by atoms with E-state index in [1.54, 1.807) is 37.3 Å². The fourth-order valence-corrected chi connectivity index (χ4v) is 5.19. The highest BCUT2D eigenvalue weighted by atomic mass is 19.1. The van der Waals surface area contributed by atoms with Crippen molar-refractivity contribution in [1.82, 2.24) is 30.1 Å². The second-order valence-electron chi connectivity index (χ2n) is 12.1. The second-order valence-corrected chi connectivity index (χ2v) is 12.1. The minimum absolute atomic E-state index is 0.00171. The summed E-state index contributed by atoms with van der Waals surface area (Å²) in [5.41, 5.74) is 2.03. The van der Waals surface area contributed by atoms with E-state index in [0.29, 0.717) is 47.1 Å². The molecule has 1 aliphatic rings. The summed E-state index contributed by atoms with van der Waals surface area (Å²) < 4.78 is 20.9. The molecule has 0 bridgehead atoms. The SMILES string of the molecule is C[C@H]1CC[C@@H](Nc2n[nH]c3nccc(-c4ccc(CN(C=O)c5cc(C(C)(C)C)on5)c(F)c4)c23)CN1C(=O)N(C)C. The Morgan fingerprint density at radius 2 is 2.02 bits per heavy atom. The van der Waals surface area contributed by atoms with Gasteiger partial charge in [0.15, 0.2) is 17.3 Å². The summed E-state index contributed by atoms with van der Waals surface area (Å²) in [4.78, 5) is 33.8. The van der Waals surface area contributed by atoms with Gasteiger partial charge < -0.3 is 19.6 Å². The Balaban J connectivity index is 1.39. The number of nitrogens with one attached hydrogen (secondary N) is 2. The van der Waals surface area contributed by atoms with Gasteiger partial charge in [-0.3, -0.25) is 14.8 Å². The fraction of sp³-hybridized carbons (Fsp3) is 0.433. The number of aromatic nitrogens is 4. The molecule has 0 saturated carbocycles. The highest BCUT2D eigenvalue weighted by molar-refractivity contribution is 6.00. The van der Waals surface area contributed by atoms with E-state index in [2.05, 4.69) is 32.6 Å². The first-order chi connectivity index (χ1) is 20.0. The summed E-state index contributed by atoms with van der Waals surface area (Å²) in [5, 5.41) is 15.7. The van der Waals surface area contributed by atoms with Gasteiger partial charge >= 0.3 is 6.03 Å². The third-order valence-corrected chi connectivity index (χ3v) is 7.68. The van der Waals surface area contributed by atoms with Gasteiger partial charge in [-0.15, -0.1) is 0 Å². The number of carbonyl (C=O) groups is 2. The number of hydrogen-bond donors (Lipinski definition) is 2. The lowest BCUT2D eigenvalue weighted by molar-refractivity contribution is -0.107. The maximum absolute atomic E-state index is 15.5. The van der Waals surface area contributed by atoms with Gasteiger partial charge in [0.1, 0.15) is 11.6 Å². The van der Waals surface area contributed by atoms with Crippen molar-refractivity contribution in [1.29, 1.82) is 0 Å². The zero-order valence-electron chi connectivity index (χ0n) is 24.8. The summed E-state index contributed by atoms with van der Waals surface area (Å²) >= 11 is 0. The van der Waals surface area contributed by atoms with Crippen molar-refractivity contribution in [3.05, 3.63) is 53.7 Å². The average Bonchev–Trinajstić information content (AvgIpc) is 3.61. The minimum Gasteiger partial charge on any atom is -0.364 e. The van der Waals surface area contributed by atoms with Crippen LogP contribution in [-0.2, 0) is 16.8 Å². The number of nitrogens with zero attached hydrogens (tertiary/aromatic N) is 6. The van der Waals surface area contributed by atoms with Crippen molar-refractivity contribution < 1.29 is 18.5 Å². The molecule has 1 fully saturated rings. The molecule has 42 heavy (non-hydrogen) atoms. The van der Waals surface area contributed by atoms with Crippen LogP contribution in [0.4, 0.5) is 20.8 Å². The fourth-order valence-electron chi connectivity index (χ4n) is 5.19. The predicted molar refractivity (Wildman–Crippen MR) is 159 cm³/mol. The number of hydrogen-bond acceptors (Lipinski definition) is 7. The lowest BCUT2D eigenvalue weighted by Gasteiger charge is -2.39. The number of urea groups is 1. The van der Waals surface area contributed by atoms with E-state index >= 15 is 4.39 Å². The number of benzene rings is 1. The summed E-state index contributed by atoms with van der Waals surface area (Å²) in [7, 11) is 3.51. The van der Waals surface area contributed by atoms with Gasteiger partial charge in [-0.2, -0.15) is 5.10 Å². The predicted octanol–water partition coefficient (Wildman–Crippen LogP) is 5.16. The molecule has 4 aromatic rings. The van der Waals surface area contributed by atoms with Gasteiger partial charge in [-0.25, -0.2) is 14.2 Å². The standard InChI is InChI=1S/C30H37FN8O3/c1-18-7-10-21(16-39(18)29(41)37(5)6)33-28-26-22(11-12-32-27(26)34-35-28)19-8-9-20(23(31)13-19)15-38(17-40)25-14-24(42-36-25)30(2,3)4/h8-9,11-14,17-18,21H,7,10,15-16H2,1-6H3,(H2,32,33,34,35)/t18-,21+/m0/s1. The Morgan fingerprint density at radius 3 is 2.69 bits per heavy atom. The number of piperidine rings is 1. The first-order valence-corrected chi connectivity index (χ1v) is 14.0. The van der Waals surface area contributed by atoms with Crippen molar-refractivity contribution in [2.45, 2.75) is 64.6 Å². The highest BCUT2D eigenvalue weighted by Gasteiger charge is 2.31. The van der Waals surface area contributed by atoms with Gasteiger partial charge in [0.05, 0.1) is 11.9 Å². The zero-order chi connectivity index (χ0) is 30.2. The Morgan fingerprint density at radius 1 is 1.24 bits per heavy atom. The average molecular weight is 577 g/mol. The number of aromatic amines is 1. The Bertz CT molecular complexity index is 1590. The van der Waals surface area contributed by atoms with Gasteiger partial charge in [-0.1, -0.05) is 38.1 Å². The maximum atomic E-state index is 15.5. The van der Waals surface area contributed by atoms with E-state index in [-0.39, 0.29) is 30.1 Å². The Labute approximate surface area is 244 Å². The van der Waals surface area contributed by atoms with Crippen LogP contribution < -0.4 is 10.2 Å². The third-order valence-electron chi connectivity index (χ3n) is 7.68. The van der Waals surface area contributed by atoms with Crippen LogP contribution >= 0.6 is 0 Å². The normalized spacial score (nSPS) is 17.4. The van der Waals surface area contributed by atoms with Crippen LogP contribution in [0.25, 0.3) is 22.2 Å². The van der Waals surface area contributed by atoms with Crippen LogP contribution in [0.1, 0.15) is 51.9 Å². The molecule has 12 heteroatoms. The van der Waals surface area contributed by atoms with Crippen molar-refractivity contribution in [3.8, 4) is 11.1 Å². The smallest absolute Gasteiger partial charge is 0.319 e. The first-order valence-electron chi connectivity index (χ1n) is 14.0. The van der Waals surface area contributed by atoms with E-state index in [4.69, 9.17) is 4.52 Å². The number of amides is 3. The lowest BCUT2D eigenvalue weighted by atomic mass is 9.93. The topological polar surface area (TPSA) is 123 Å². The Kier molecular flexibility index (Phi) is 7.89. The van der Waals surface area contributed by atoms with Crippen molar-refractivity contribution in [2.24, 2.45) is 0 Å². The molecule has 5 rings (SSSR count). The summed E-state index contributed by atoms with van der Waals surface area (Å²) in [6.07, 6.45) is 4.01. The van der Waals surface area contributed by atoms with Crippen LogP contribution in [0.15, 0.2) is 41.1 Å². The highest BCUT2D eigenvalue weighted by Crippen LogP contribution is 2.34. The van der Waals surface area contributed by atoms with Crippen LogP contribution in [0.5, 0.6) is 0 Å². The molecule has 3 amide bonds. The molecule has 222 valence electrons. The quantitative estimate of drug-likeness (QED) is 0.291. The van der Waals surface area contributed by atoms with Gasteiger partial charge in [-0.05, 0) is 43.0 Å². The molecular weight excluding hydrogens is 539 g/mol. The van der Waals surface area contributed by atoms with Gasteiger partial charge in [0, 0.05) is 56.0 Å². The second kappa shape index (κ2) is 11.4. The molecular formula is C30H37FN8O3. The van der Waals surface area contributed by atoms with E-state index < -0.39 is 5.82 Å². The number of H-pyrrole nitrogens is 1. The largest absolute Gasteiger partial charge is 0.364 e. The summed E-state index contributed by atoms with van der Waals surface area (Å²) in [5.74, 6) is 1.10. The molecule has 2 atom stereocenters. The van der Waals surface area contributed by atoms with Crippen LogP contribution in [-0.4, -0.2) is 75.3 Å². The van der Waals surface area contributed by atoms with E-state index in [0.717, 1.165) is 23.8 Å². The first kappa shape index (κ1) is 29.0. The molecule has 0 spiro atoms. The number of fused-ring (bicyclic) bond motifs is 1. The van der Waals surface area contributed by atoms with Crippen LogP contribution in [0.3, 0.4) is 0 Å². The van der Waals surface area contributed by atoms with Crippen molar-refractivity contribution in [2.75, 3.05) is 30.9 Å². The minimum atomic E-state index is -0.457. The third kappa shape index (κ3) is 5.79. The molecule has 3 aromatic heterocycles. The molecule has 0 unspecified atom stereocenters. The monoisotopic (exact) mass is 576 g/mol. The zero-order valence-corrected chi connectivity index (χ0v) is 24.8. The number of pyridine rings is 1. The van der Waals surface area contributed by atoms with Gasteiger partial charge in [0.2, 0.25) is 6.41 Å². The van der Waals surface area contributed by atoms with Gasteiger partial charge in [0.25, 0.3) is 0 Å². The Hall–Kier alpha value is -4.48. The van der Waals surface area contributed by atoms with E-state index in [1.165, 1.54) is 11.0 Å². The lowest BCUT2D eigenvalue weighted by Crippen LogP contribution is -2.52. The molecule has 11 nitrogen and oxygen atoms in total. The van der Waals surface area contributed by atoms with Crippen molar-refractivity contribution >= 4 is 35.1 Å². The molecule has 2 N–H and O–H groups in total. The van der Waals surface area contributed by atoms with Crippen LogP contribution in [0.2, 0.25) is 0 Å². The van der Waals surface area contributed by atoms with E-state index in [9.17, 15) is 9.59 Å². The summed E-state index contributed by atoms with van der Waals surface area (Å²) in [6, 6.07) is 8.57. The molecule has 1 saturated heterocycles. The molecule has 4 heterocycles. The van der Waals surface area contributed by atoms with E-state index in [1.807, 2.05) is 37.8 Å².